The molecule has 0 aromatic carbocycles. The van der Waals surface area contributed by atoms with Crippen LogP contribution < -0.4 is 5.32 Å². The van der Waals surface area contributed by atoms with E-state index in [9.17, 15) is 0 Å². The summed E-state index contributed by atoms with van der Waals surface area (Å²) < 4.78 is 5.25. The van der Waals surface area contributed by atoms with E-state index in [4.69, 9.17) is 4.74 Å². The smallest absolute Gasteiger partial charge is 0.193 e. The topological polar surface area (TPSA) is 36.9 Å². The van der Waals surface area contributed by atoms with E-state index in [2.05, 4.69) is 29.1 Å². The van der Waals surface area contributed by atoms with Gasteiger partial charge in [0.1, 0.15) is 0 Å². The number of guanidine groups is 1. The first-order valence-corrected chi connectivity index (χ1v) is 9.01. The molecule has 0 radical (unpaired) electrons. The summed E-state index contributed by atoms with van der Waals surface area (Å²) in [6, 6.07) is 0. The van der Waals surface area contributed by atoms with Gasteiger partial charge in [0.2, 0.25) is 0 Å². The molecule has 5 heteroatoms. The maximum atomic E-state index is 5.25. The summed E-state index contributed by atoms with van der Waals surface area (Å²) in [7, 11) is 3.72. The van der Waals surface area contributed by atoms with Gasteiger partial charge in [-0.05, 0) is 49.4 Å². The number of nitrogens with zero attached hydrogens (tertiary/aromatic N) is 2. The van der Waals surface area contributed by atoms with Crippen LogP contribution in [0.5, 0.6) is 0 Å². The summed E-state index contributed by atoms with van der Waals surface area (Å²) in [6.07, 6.45) is 9.05. The van der Waals surface area contributed by atoms with Crippen LogP contribution in [0.2, 0.25) is 0 Å². The molecule has 0 aromatic rings. The number of ether oxygens (including phenoxy) is 1. The van der Waals surface area contributed by atoms with Gasteiger partial charge in [0, 0.05) is 40.4 Å². The van der Waals surface area contributed by atoms with Crippen molar-refractivity contribution < 1.29 is 4.74 Å². The van der Waals surface area contributed by atoms with Crippen LogP contribution in [-0.2, 0) is 4.74 Å². The minimum absolute atomic E-state index is 0. The first kappa shape index (κ1) is 21.0. The molecule has 1 aliphatic heterocycles. The van der Waals surface area contributed by atoms with Crippen LogP contribution in [0.1, 0.15) is 58.8 Å². The van der Waals surface area contributed by atoms with E-state index in [0.717, 1.165) is 32.2 Å². The van der Waals surface area contributed by atoms with Gasteiger partial charge < -0.3 is 15.0 Å². The fourth-order valence-electron chi connectivity index (χ4n) is 3.91. The van der Waals surface area contributed by atoms with Crippen molar-refractivity contribution >= 4 is 29.9 Å². The third-order valence-electron chi connectivity index (χ3n) is 5.56. The number of piperidine rings is 1. The van der Waals surface area contributed by atoms with E-state index in [1.165, 1.54) is 44.9 Å². The summed E-state index contributed by atoms with van der Waals surface area (Å²) in [6.45, 7) is 8.94. The Morgan fingerprint density at radius 3 is 2.57 bits per heavy atom. The molecule has 136 valence electrons. The largest absolute Gasteiger partial charge is 0.385 e. The highest BCUT2D eigenvalue weighted by molar-refractivity contribution is 14.0. The average molecular weight is 437 g/mol. The molecule has 1 atom stereocenters. The van der Waals surface area contributed by atoms with Gasteiger partial charge in [0.15, 0.2) is 5.96 Å². The van der Waals surface area contributed by atoms with Gasteiger partial charge in [-0.15, -0.1) is 24.0 Å². The van der Waals surface area contributed by atoms with Gasteiger partial charge in [-0.1, -0.05) is 20.3 Å². The second kappa shape index (κ2) is 9.44. The highest BCUT2D eigenvalue weighted by Gasteiger charge is 2.42. The minimum Gasteiger partial charge on any atom is -0.385 e. The lowest BCUT2D eigenvalue weighted by Gasteiger charge is -2.42. The molecule has 1 heterocycles. The monoisotopic (exact) mass is 437 g/mol. The van der Waals surface area contributed by atoms with Crippen LogP contribution in [0.4, 0.5) is 0 Å². The Hall–Kier alpha value is -0.0400. The molecule has 1 saturated heterocycles. The molecular weight excluding hydrogens is 401 g/mol. The number of aliphatic imine (C=N–C) groups is 1. The Morgan fingerprint density at radius 1 is 1.26 bits per heavy atom. The Morgan fingerprint density at radius 2 is 2.00 bits per heavy atom. The third kappa shape index (κ3) is 6.07. The molecule has 1 N–H and O–H groups in total. The van der Waals surface area contributed by atoms with Gasteiger partial charge in [-0.2, -0.15) is 0 Å². The summed E-state index contributed by atoms with van der Waals surface area (Å²) in [5.41, 5.74) is 0.923. The predicted octanol–water partition coefficient (Wildman–Crippen LogP) is 3.90. The third-order valence-corrected chi connectivity index (χ3v) is 5.56. The Labute approximate surface area is 159 Å². The Balaban J connectivity index is 0.00000264. The summed E-state index contributed by atoms with van der Waals surface area (Å²) >= 11 is 0. The highest BCUT2D eigenvalue weighted by atomic mass is 127. The van der Waals surface area contributed by atoms with Crippen LogP contribution in [0.25, 0.3) is 0 Å². The molecule has 0 bridgehead atoms. The minimum atomic E-state index is 0. The van der Waals surface area contributed by atoms with Crippen LogP contribution in [0, 0.1) is 10.8 Å². The SMILES string of the molecule is CCCC1(C)CCCN(C(=NC)NCC2(CCOC)CC2)C1.I. The zero-order valence-electron chi connectivity index (χ0n) is 15.5. The number of rotatable bonds is 7. The molecule has 0 amide bonds. The van der Waals surface area contributed by atoms with Gasteiger partial charge in [-0.3, -0.25) is 4.99 Å². The molecule has 1 aliphatic carbocycles. The molecule has 2 rings (SSSR count). The fourth-order valence-corrected chi connectivity index (χ4v) is 3.91. The highest BCUT2D eigenvalue weighted by Crippen LogP contribution is 2.48. The number of methoxy groups -OCH3 is 1. The number of hydrogen-bond acceptors (Lipinski definition) is 2. The number of nitrogens with one attached hydrogen (secondary N) is 1. The Bertz CT molecular complexity index is 380. The number of halogens is 1. The van der Waals surface area contributed by atoms with E-state index in [-0.39, 0.29) is 24.0 Å². The van der Waals surface area contributed by atoms with Crippen LogP contribution in [0.15, 0.2) is 4.99 Å². The van der Waals surface area contributed by atoms with Gasteiger partial charge >= 0.3 is 0 Å². The van der Waals surface area contributed by atoms with Crippen molar-refractivity contribution in [2.45, 2.75) is 58.8 Å². The molecule has 2 fully saturated rings. The molecular formula is C18H36IN3O. The van der Waals surface area contributed by atoms with Crippen molar-refractivity contribution in [1.29, 1.82) is 0 Å². The van der Waals surface area contributed by atoms with Crippen LogP contribution >= 0.6 is 24.0 Å². The first-order valence-electron chi connectivity index (χ1n) is 9.01. The molecule has 1 saturated carbocycles. The van der Waals surface area contributed by atoms with Gasteiger partial charge in [-0.25, -0.2) is 0 Å². The predicted molar refractivity (Wildman–Crippen MR) is 109 cm³/mol. The maximum absolute atomic E-state index is 5.25. The molecule has 0 spiro atoms. The number of hydrogen-bond donors (Lipinski definition) is 1. The number of likely N-dealkylation sites (tertiary alicyclic amines) is 1. The zero-order chi connectivity index (χ0) is 16.1. The van der Waals surface area contributed by atoms with Crippen molar-refractivity contribution in [1.82, 2.24) is 10.2 Å². The molecule has 0 aromatic heterocycles. The van der Waals surface area contributed by atoms with Crippen molar-refractivity contribution in [3.8, 4) is 0 Å². The lowest BCUT2D eigenvalue weighted by Crippen LogP contribution is -2.50. The second-order valence-corrected chi connectivity index (χ2v) is 7.73. The maximum Gasteiger partial charge on any atom is 0.193 e. The zero-order valence-corrected chi connectivity index (χ0v) is 17.8. The first-order chi connectivity index (χ1) is 10.6. The summed E-state index contributed by atoms with van der Waals surface area (Å²) in [5.74, 6) is 1.10. The molecule has 4 nitrogen and oxygen atoms in total. The van der Waals surface area contributed by atoms with E-state index in [0.29, 0.717) is 10.8 Å². The standard InChI is InChI=1S/C18H35N3O.HI/c1-5-7-17(2)8-6-12-21(15-17)16(19-3)20-14-18(9-10-18)11-13-22-4;/h5-15H2,1-4H3,(H,19,20);1H. The van der Waals surface area contributed by atoms with Crippen molar-refractivity contribution in [3.63, 3.8) is 0 Å². The van der Waals surface area contributed by atoms with Crippen molar-refractivity contribution in [2.24, 2.45) is 15.8 Å². The molecule has 2 aliphatic rings. The van der Waals surface area contributed by atoms with Gasteiger partial charge in [0.05, 0.1) is 0 Å². The van der Waals surface area contributed by atoms with Crippen LogP contribution in [0.3, 0.4) is 0 Å². The quantitative estimate of drug-likeness (QED) is 0.373. The molecule has 1 unspecified atom stereocenters. The van der Waals surface area contributed by atoms with E-state index in [1.54, 1.807) is 7.11 Å². The lowest BCUT2D eigenvalue weighted by molar-refractivity contribution is 0.141. The Kier molecular flexibility index (Phi) is 8.63. The average Bonchev–Trinajstić information content (AvgIpc) is 3.26. The van der Waals surface area contributed by atoms with E-state index in [1.807, 2.05) is 7.05 Å². The second-order valence-electron chi connectivity index (χ2n) is 7.73. The van der Waals surface area contributed by atoms with Crippen molar-refractivity contribution in [3.05, 3.63) is 0 Å². The molecule has 23 heavy (non-hydrogen) atoms. The van der Waals surface area contributed by atoms with E-state index >= 15 is 0 Å². The lowest BCUT2D eigenvalue weighted by atomic mass is 9.78. The van der Waals surface area contributed by atoms with E-state index < -0.39 is 0 Å². The normalized spacial score (nSPS) is 26.6. The van der Waals surface area contributed by atoms with Gasteiger partial charge in [0.25, 0.3) is 0 Å². The summed E-state index contributed by atoms with van der Waals surface area (Å²) in [4.78, 5) is 7.03. The summed E-state index contributed by atoms with van der Waals surface area (Å²) in [5, 5.41) is 3.65. The van der Waals surface area contributed by atoms with Crippen molar-refractivity contribution in [2.75, 3.05) is 40.4 Å². The van der Waals surface area contributed by atoms with Crippen LogP contribution in [-0.4, -0.2) is 51.3 Å². The fraction of sp³-hybridized carbons (Fsp3) is 0.944.